The van der Waals surface area contributed by atoms with Crippen LogP contribution in [0.4, 0.5) is 13.2 Å². The van der Waals surface area contributed by atoms with Crippen molar-refractivity contribution in [3.05, 3.63) is 0 Å². The fourth-order valence-electron chi connectivity index (χ4n) is 3.23. The highest BCUT2D eigenvalue weighted by Crippen LogP contribution is 2.21. The predicted octanol–water partition coefficient (Wildman–Crippen LogP) is 0.928. The first kappa shape index (κ1) is 18.5. The number of β-amino-alcohol motifs (C(OH)–C–C–N with tert-alkyl or cyclic N) is 1. The third kappa shape index (κ3) is 5.32. The van der Waals surface area contributed by atoms with E-state index in [9.17, 15) is 18.0 Å². The van der Waals surface area contributed by atoms with E-state index in [2.05, 4.69) is 6.92 Å². The smallest absolute Gasteiger partial charge is 0.382 e. The summed E-state index contributed by atoms with van der Waals surface area (Å²) >= 11 is 0. The number of hydrogen-bond donors (Lipinski definition) is 1. The lowest BCUT2D eigenvalue weighted by atomic mass is 10.0. The molecule has 0 aromatic rings. The normalized spacial score (nSPS) is 26.3. The topological polar surface area (TPSA) is 47.0 Å². The van der Waals surface area contributed by atoms with Gasteiger partial charge in [-0.05, 0) is 26.2 Å². The van der Waals surface area contributed by atoms with E-state index in [1.165, 1.54) is 0 Å². The minimum atomic E-state index is -4.57. The molecule has 0 unspecified atom stereocenters. The summed E-state index contributed by atoms with van der Waals surface area (Å²) in [7, 11) is 0. The fourth-order valence-corrected chi connectivity index (χ4v) is 3.23. The van der Waals surface area contributed by atoms with Gasteiger partial charge in [-0.1, -0.05) is 0 Å². The third-order valence-corrected chi connectivity index (χ3v) is 4.76. The Balaban J connectivity index is 1.73. The van der Waals surface area contributed by atoms with Gasteiger partial charge in [0.15, 0.2) is 6.10 Å². The fraction of sp³-hybridized carbons (Fsp3) is 0.933. The van der Waals surface area contributed by atoms with Gasteiger partial charge >= 0.3 is 6.18 Å². The molecule has 0 aromatic heterocycles. The lowest BCUT2D eigenvalue weighted by Gasteiger charge is -2.38. The highest BCUT2D eigenvalue weighted by atomic mass is 19.4. The molecular weight excluding hydrogens is 311 g/mol. The summed E-state index contributed by atoms with van der Waals surface area (Å²) in [6, 6.07) is 0.277. The number of carbonyl (C=O) groups excluding carboxylic acids is 1. The summed E-state index contributed by atoms with van der Waals surface area (Å²) in [6.45, 7) is 4.79. The molecule has 0 spiro atoms. The van der Waals surface area contributed by atoms with E-state index in [0.717, 1.165) is 25.8 Å². The van der Waals surface area contributed by atoms with Crippen LogP contribution in [0.25, 0.3) is 0 Å². The molecule has 134 valence electrons. The number of rotatable bonds is 4. The molecule has 2 heterocycles. The van der Waals surface area contributed by atoms with Crippen LogP contribution in [0.3, 0.4) is 0 Å². The largest absolute Gasteiger partial charge is 0.415 e. The summed E-state index contributed by atoms with van der Waals surface area (Å²) in [5.74, 6) is 0.112. The van der Waals surface area contributed by atoms with Crippen molar-refractivity contribution in [3.8, 4) is 0 Å². The van der Waals surface area contributed by atoms with Crippen molar-refractivity contribution >= 4 is 5.91 Å². The maximum atomic E-state index is 12.4. The number of likely N-dealkylation sites (tertiary alicyclic amines) is 1. The molecule has 2 atom stereocenters. The Morgan fingerprint density at radius 1 is 1.13 bits per heavy atom. The van der Waals surface area contributed by atoms with Crippen LogP contribution in [0.15, 0.2) is 0 Å². The quantitative estimate of drug-likeness (QED) is 0.829. The Morgan fingerprint density at radius 3 is 2.30 bits per heavy atom. The van der Waals surface area contributed by atoms with Crippen LogP contribution < -0.4 is 0 Å². The van der Waals surface area contributed by atoms with Gasteiger partial charge in [0, 0.05) is 45.3 Å². The number of nitrogens with zero attached hydrogens (tertiary/aromatic N) is 3. The molecule has 2 aliphatic rings. The highest BCUT2D eigenvalue weighted by Gasteiger charge is 2.39. The third-order valence-electron chi connectivity index (χ3n) is 4.76. The summed E-state index contributed by atoms with van der Waals surface area (Å²) in [6.07, 6.45) is -3.64. The average Bonchev–Trinajstić information content (AvgIpc) is 2.48. The van der Waals surface area contributed by atoms with Crippen LogP contribution in [0.2, 0.25) is 0 Å². The maximum Gasteiger partial charge on any atom is 0.415 e. The van der Waals surface area contributed by atoms with Crippen molar-refractivity contribution in [1.29, 1.82) is 0 Å². The average molecular weight is 337 g/mol. The Morgan fingerprint density at radius 2 is 1.74 bits per heavy atom. The van der Waals surface area contributed by atoms with Crippen molar-refractivity contribution in [3.63, 3.8) is 0 Å². The van der Waals surface area contributed by atoms with Crippen LogP contribution in [0, 0.1) is 0 Å². The number of aliphatic hydroxyl groups excluding tert-OH is 1. The molecule has 2 aliphatic heterocycles. The van der Waals surface area contributed by atoms with Gasteiger partial charge in [-0.2, -0.15) is 13.2 Å². The maximum absolute atomic E-state index is 12.4. The zero-order valence-electron chi connectivity index (χ0n) is 13.6. The van der Waals surface area contributed by atoms with E-state index in [-0.39, 0.29) is 11.9 Å². The minimum absolute atomic E-state index is 0.112. The van der Waals surface area contributed by atoms with Crippen LogP contribution >= 0.6 is 0 Å². The Kier molecular flexibility index (Phi) is 6.27. The molecule has 0 radical (unpaired) electrons. The van der Waals surface area contributed by atoms with Crippen LogP contribution in [0.1, 0.15) is 26.2 Å². The number of piperazine rings is 1. The molecule has 0 bridgehead atoms. The first-order chi connectivity index (χ1) is 10.8. The lowest BCUT2D eigenvalue weighted by molar-refractivity contribution is -0.208. The molecule has 0 aliphatic carbocycles. The van der Waals surface area contributed by atoms with Gasteiger partial charge in [0.2, 0.25) is 5.91 Å². The number of carbonyl (C=O) groups is 1. The first-order valence-electron chi connectivity index (χ1n) is 8.26. The number of aliphatic hydroxyl groups is 1. The van der Waals surface area contributed by atoms with Crippen molar-refractivity contribution in [2.75, 3.05) is 45.8 Å². The van der Waals surface area contributed by atoms with Crippen molar-refractivity contribution < 1.29 is 23.1 Å². The second-order valence-corrected chi connectivity index (χ2v) is 6.57. The van der Waals surface area contributed by atoms with Gasteiger partial charge in [-0.15, -0.1) is 0 Å². The standard InChI is InChI=1S/C15H26F3N3O2/c1-12-4-2-3-5-21(12)14(23)11-20-8-6-19(7-9-20)10-13(22)15(16,17)18/h12-13,22H,2-11H2,1H3/t12-,13+/m0/s1. The Labute approximate surface area is 135 Å². The number of piperidine rings is 1. The van der Waals surface area contributed by atoms with E-state index >= 15 is 0 Å². The number of amides is 1. The zero-order chi connectivity index (χ0) is 17.0. The van der Waals surface area contributed by atoms with Crippen molar-refractivity contribution in [1.82, 2.24) is 14.7 Å². The van der Waals surface area contributed by atoms with Gasteiger partial charge in [-0.3, -0.25) is 14.6 Å². The molecular formula is C15H26F3N3O2. The Bertz CT molecular complexity index is 398. The first-order valence-corrected chi connectivity index (χ1v) is 8.26. The van der Waals surface area contributed by atoms with Gasteiger partial charge in [0.05, 0.1) is 6.54 Å². The van der Waals surface area contributed by atoms with Crippen LogP contribution in [-0.4, -0.2) is 89.8 Å². The van der Waals surface area contributed by atoms with Gasteiger partial charge in [-0.25, -0.2) is 0 Å². The van der Waals surface area contributed by atoms with Gasteiger partial charge < -0.3 is 10.0 Å². The lowest BCUT2D eigenvalue weighted by Crippen LogP contribution is -2.53. The molecule has 23 heavy (non-hydrogen) atoms. The molecule has 1 N–H and O–H groups in total. The zero-order valence-corrected chi connectivity index (χ0v) is 13.6. The second kappa shape index (κ2) is 7.81. The number of hydrogen-bond acceptors (Lipinski definition) is 4. The molecule has 0 saturated carbocycles. The highest BCUT2D eigenvalue weighted by molar-refractivity contribution is 5.78. The van der Waals surface area contributed by atoms with Crippen molar-refractivity contribution in [2.45, 2.75) is 44.5 Å². The molecule has 1 amide bonds. The van der Waals surface area contributed by atoms with Crippen molar-refractivity contribution in [2.24, 2.45) is 0 Å². The van der Waals surface area contributed by atoms with E-state index < -0.39 is 18.8 Å². The molecule has 2 rings (SSSR count). The van der Waals surface area contributed by atoms with E-state index in [1.807, 2.05) is 9.80 Å². The Hall–Kier alpha value is -0.860. The predicted molar refractivity (Wildman–Crippen MR) is 80.0 cm³/mol. The van der Waals surface area contributed by atoms with Crippen LogP contribution in [-0.2, 0) is 4.79 Å². The minimum Gasteiger partial charge on any atom is -0.382 e. The summed E-state index contributed by atoms with van der Waals surface area (Å²) in [4.78, 5) is 17.9. The van der Waals surface area contributed by atoms with Crippen LogP contribution in [0.5, 0.6) is 0 Å². The van der Waals surface area contributed by atoms with E-state index in [0.29, 0.717) is 32.7 Å². The second-order valence-electron chi connectivity index (χ2n) is 6.57. The van der Waals surface area contributed by atoms with E-state index in [1.54, 1.807) is 4.90 Å². The molecule has 0 aromatic carbocycles. The summed E-state index contributed by atoms with van der Waals surface area (Å²) < 4.78 is 37.1. The molecule has 2 saturated heterocycles. The molecule has 2 fully saturated rings. The SMILES string of the molecule is C[C@H]1CCCCN1C(=O)CN1CCN(C[C@@H](O)C(F)(F)F)CC1. The van der Waals surface area contributed by atoms with Gasteiger partial charge in [0.1, 0.15) is 0 Å². The number of alkyl halides is 3. The monoisotopic (exact) mass is 337 g/mol. The summed E-state index contributed by atoms with van der Waals surface area (Å²) in [5, 5.41) is 9.11. The molecule has 5 nitrogen and oxygen atoms in total. The number of halogens is 3. The summed E-state index contributed by atoms with van der Waals surface area (Å²) in [5.41, 5.74) is 0. The van der Waals surface area contributed by atoms with E-state index in [4.69, 9.17) is 5.11 Å². The molecule has 8 heteroatoms. The van der Waals surface area contributed by atoms with Gasteiger partial charge in [0.25, 0.3) is 0 Å².